The molecule has 0 rings (SSSR count). The van der Waals surface area contributed by atoms with Gasteiger partial charge in [0.05, 0.1) is 5.70 Å². The van der Waals surface area contributed by atoms with E-state index in [1.807, 2.05) is 0 Å². The molecule has 1 N–H and O–H groups in total. The first-order valence-electron chi connectivity index (χ1n) is 1.82. The van der Waals surface area contributed by atoms with Gasteiger partial charge in [-0.15, -0.1) is 5.11 Å². The van der Waals surface area contributed by atoms with Crippen LogP contribution in [0.25, 0.3) is 0 Å². The first-order chi connectivity index (χ1) is 3.27. The molecule has 0 aliphatic heterocycles. The van der Waals surface area contributed by atoms with Gasteiger partial charge in [0, 0.05) is 0 Å². The van der Waals surface area contributed by atoms with E-state index >= 15 is 0 Å². The monoisotopic (exact) mass is 97.1 g/mol. The zero-order chi connectivity index (χ0) is 5.70. The van der Waals surface area contributed by atoms with Crippen LogP contribution >= 0.6 is 0 Å². The number of hydrogen-bond donors (Lipinski definition) is 1. The van der Waals surface area contributed by atoms with E-state index in [1.54, 1.807) is 6.92 Å². The lowest BCUT2D eigenvalue weighted by Gasteiger charge is -1.75. The fourth-order valence-corrected chi connectivity index (χ4v) is 0.127. The molecule has 0 aliphatic carbocycles. The van der Waals surface area contributed by atoms with E-state index in [9.17, 15) is 0 Å². The van der Waals surface area contributed by atoms with Crippen LogP contribution < -0.4 is 0 Å². The van der Waals surface area contributed by atoms with Gasteiger partial charge in [-0.1, -0.05) is 6.58 Å². The number of nitrogens with zero attached hydrogens (tertiary/aromatic N) is 2. The predicted molar refractivity (Wildman–Crippen MR) is 28.5 cm³/mol. The largest absolute Gasteiger partial charge is 0.288 e. The van der Waals surface area contributed by atoms with Gasteiger partial charge in [-0.2, -0.15) is 5.11 Å². The Hall–Kier alpha value is -0.990. The Labute approximate surface area is 42.3 Å². The van der Waals surface area contributed by atoms with Crippen LogP contribution in [0.2, 0.25) is 0 Å². The van der Waals surface area contributed by atoms with Gasteiger partial charge in [-0.05, 0) is 6.92 Å². The van der Waals surface area contributed by atoms with Crippen molar-refractivity contribution in [3.8, 4) is 0 Å². The van der Waals surface area contributed by atoms with Crippen LogP contribution in [0.3, 0.4) is 0 Å². The molecule has 0 aromatic heterocycles. The highest BCUT2D eigenvalue weighted by Crippen LogP contribution is 1.85. The Morgan fingerprint density at radius 3 is 2.57 bits per heavy atom. The third-order valence-electron chi connectivity index (χ3n) is 0.286. The average Bonchev–Trinajstić information content (AvgIpc) is 1.61. The summed E-state index contributed by atoms with van der Waals surface area (Å²) >= 11 is 0. The highest BCUT2D eigenvalue weighted by atomic mass is 15.1. The summed E-state index contributed by atoms with van der Waals surface area (Å²) in [6, 6.07) is 0. The van der Waals surface area contributed by atoms with Crippen LogP contribution in [-0.2, 0) is 0 Å². The maximum absolute atomic E-state index is 6.37. The molecule has 0 spiro atoms. The second kappa shape index (κ2) is 3.21. The summed E-state index contributed by atoms with van der Waals surface area (Å²) in [5, 5.41) is 13.0. The molecule has 0 aromatic carbocycles. The molecule has 0 bridgehead atoms. The SMILES string of the molecule is C=C(C)/N=N\C=N. The number of allylic oxidation sites excluding steroid dienone is 1. The van der Waals surface area contributed by atoms with Crippen LogP contribution in [0.5, 0.6) is 0 Å². The molecule has 0 heterocycles. The fourth-order valence-electron chi connectivity index (χ4n) is 0.127. The van der Waals surface area contributed by atoms with Crippen molar-refractivity contribution in [1.29, 1.82) is 5.41 Å². The van der Waals surface area contributed by atoms with E-state index in [0.29, 0.717) is 5.70 Å². The zero-order valence-corrected chi connectivity index (χ0v) is 4.18. The molecule has 0 radical (unpaired) electrons. The third-order valence-corrected chi connectivity index (χ3v) is 0.286. The maximum Gasteiger partial charge on any atom is 0.129 e. The van der Waals surface area contributed by atoms with Crippen molar-refractivity contribution in [3.05, 3.63) is 12.3 Å². The van der Waals surface area contributed by atoms with Crippen molar-refractivity contribution < 1.29 is 0 Å². The summed E-state index contributed by atoms with van der Waals surface area (Å²) in [5.74, 6) is 0. The molecule has 0 saturated heterocycles. The lowest BCUT2D eigenvalue weighted by Crippen LogP contribution is -1.59. The van der Waals surface area contributed by atoms with Crippen molar-refractivity contribution in [2.75, 3.05) is 0 Å². The van der Waals surface area contributed by atoms with E-state index in [4.69, 9.17) is 5.41 Å². The standard InChI is InChI=1S/C4H7N3/c1-4(2)7-6-3-5/h3,5H,1H2,2H3/b5-3?,7-6-. The van der Waals surface area contributed by atoms with Gasteiger partial charge in [0.1, 0.15) is 6.34 Å². The molecular weight excluding hydrogens is 90.1 g/mol. The molecule has 7 heavy (non-hydrogen) atoms. The summed E-state index contributed by atoms with van der Waals surface area (Å²) < 4.78 is 0. The van der Waals surface area contributed by atoms with Crippen molar-refractivity contribution in [2.24, 2.45) is 10.2 Å². The normalized spacial score (nSPS) is 9.29. The second-order valence-corrected chi connectivity index (χ2v) is 1.08. The molecule has 3 heteroatoms. The third kappa shape index (κ3) is 5.01. The minimum atomic E-state index is 0.614. The molecule has 0 fully saturated rings. The first kappa shape index (κ1) is 6.01. The van der Waals surface area contributed by atoms with Gasteiger partial charge >= 0.3 is 0 Å². The number of rotatable bonds is 2. The summed E-state index contributed by atoms with van der Waals surface area (Å²) in [7, 11) is 0. The lowest BCUT2D eigenvalue weighted by molar-refractivity contribution is 1.17. The summed E-state index contributed by atoms with van der Waals surface area (Å²) in [6.07, 6.45) is 0.870. The summed E-state index contributed by atoms with van der Waals surface area (Å²) in [5.41, 5.74) is 0.614. The van der Waals surface area contributed by atoms with Crippen molar-refractivity contribution in [2.45, 2.75) is 6.92 Å². The molecule has 3 nitrogen and oxygen atoms in total. The molecule has 0 saturated carbocycles. The molecule has 0 amide bonds. The van der Waals surface area contributed by atoms with Crippen LogP contribution in [0.4, 0.5) is 0 Å². The van der Waals surface area contributed by atoms with Gasteiger partial charge in [0.15, 0.2) is 0 Å². The molecule has 0 aromatic rings. The molecule has 38 valence electrons. The Balaban J connectivity index is 3.46. The number of azo groups is 1. The van der Waals surface area contributed by atoms with E-state index in [0.717, 1.165) is 6.34 Å². The molecule has 0 unspecified atom stereocenters. The smallest absolute Gasteiger partial charge is 0.129 e. The van der Waals surface area contributed by atoms with Crippen LogP contribution in [0.15, 0.2) is 22.5 Å². The average molecular weight is 97.1 g/mol. The minimum absolute atomic E-state index is 0.614. The van der Waals surface area contributed by atoms with Crippen LogP contribution in [0, 0.1) is 5.41 Å². The lowest BCUT2D eigenvalue weighted by atomic mass is 10.6. The number of hydrogen-bond acceptors (Lipinski definition) is 2. The van der Waals surface area contributed by atoms with Gasteiger partial charge in [0.2, 0.25) is 0 Å². The van der Waals surface area contributed by atoms with Crippen LogP contribution in [0.1, 0.15) is 6.92 Å². The number of nitrogens with one attached hydrogen (secondary N) is 1. The maximum atomic E-state index is 6.37. The highest BCUT2D eigenvalue weighted by Gasteiger charge is 1.68. The van der Waals surface area contributed by atoms with Crippen molar-refractivity contribution >= 4 is 6.34 Å². The fraction of sp³-hybridized carbons (Fsp3) is 0.250. The second-order valence-electron chi connectivity index (χ2n) is 1.08. The Kier molecular flexibility index (Phi) is 2.76. The zero-order valence-electron chi connectivity index (χ0n) is 4.18. The highest BCUT2D eigenvalue weighted by molar-refractivity contribution is 5.49. The predicted octanol–water partition coefficient (Wildman–Crippen LogP) is 1.58. The van der Waals surface area contributed by atoms with E-state index < -0.39 is 0 Å². The van der Waals surface area contributed by atoms with E-state index in [2.05, 4.69) is 16.8 Å². The Morgan fingerprint density at radius 1 is 1.86 bits per heavy atom. The van der Waals surface area contributed by atoms with Crippen LogP contribution in [-0.4, -0.2) is 6.34 Å². The Morgan fingerprint density at radius 2 is 2.43 bits per heavy atom. The summed E-state index contributed by atoms with van der Waals surface area (Å²) in [4.78, 5) is 0. The van der Waals surface area contributed by atoms with Gasteiger partial charge in [0.25, 0.3) is 0 Å². The first-order valence-corrected chi connectivity index (χ1v) is 1.82. The molecule has 0 aliphatic rings. The van der Waals surface area contributed by atoms with Gasteiger partial charge in [-0.3, -0.25) is 5.41 Å². The Bertz CT molecular complexity index is 104. The topological polar surface area (TPSA) is 48.6 Å². The quantitative estimate of drug-likeness (QED) is 0.309. The molecule has 0 atom stereocenters. The minimum Gasteiger partial charge on any atom is -0.288 e. The van der Waals surface area contributed by atoms with Crippen molar-refractivity contribution in [1.82, 2.24) is 0 Å². The van der Waals surface area contributed by atoms with E-state index in [-0.39, 0.29) is 0 Å². The van der Waals surface area contributed by atoms with Crippen molar-refractivity contribution in [3.63, 3.8) is 0 Å². The molecular formula is C4H7N3. The van der Waals surface area contributed by atoms with E-state index in [1.165, 1.54) is 0 Å². The van der Waals surface area contributed by atoms with Gasteiger partial charge < -0.3 is 0 Å². The van der Waals surface area contributed by atoms with Gasteiger partial charge in [-0.25, -0.2) is 0 Å². The summed E-state index contributed by atoms with van der Waals surface area (Å²) in [6.45, 7) is 5.14.